The molecule has 6 heteroatoms. The first-order valence-corrected chi connectivity index (χ1v) is 5.78. The molecule has 0 aliphatic heterocycles. The molecule has 2 rings (SSSR count). The molecule has 0 saturated carbocycles. The Balaban J connectivity index is 2.43. The summed E-state index contributed by atoms with van der Waals surface area (Å²) in [6, 6.07) is 7.10. The Morgan fingerprint density at radius 1 is 1.50 bits per heavy atom. The van der Waals surface area contributed by atoms with Gasteiger partial charge >= 0.3 is 5.97 Å². The molecule has 0 aliphatic rings. The zero-order valence-electron chi connectivity index (χ0n) is 9.76. The average Bonchev–Trinajstić information content (AvgIpc) is 2.72. The van der Waals surface area contributed by atoms with E-state index in [0.29, 0.717) is 10.7 Å². The number of rotatable bonds is 3. The van der Waals surface area contributed by atoms with Crippen LogP contribution in [0.1, 0.15) is 17.3 Å². The molecule has 94 valence electrons. The van der Waals surface area contributed by atoms with Crippen molar-refractivity contribution in [3.8, 4) is 5.69 Å². The second kappa shape index (κ2) is 5.10. The number of para-hydroxylation sites is 1. The van der Waals surface area contributed by atoms with Crippen LogP contribution in [-0.4, -0.2) is 22.4 Å². The quantitative estimate of drug-likeness (QED) is 0.865. The molecule has 1 aromatic carbocycles. The van der Waals surface area contributed by atoms with E-state index in [1.165, 1.54) is 10.9 Å². The van der Waals surface area contributed by atoms with Gasteiger partial charge in [-0.3, -0.25) is 0 Å². The van der Waals surface area contributed by atoms with Crippen molar-refractivity contribution in [1.82, 2.24) is 9.78 Å². The highest BCUT2D eigenvalue weighted by atomic mass is 35.5. The SMILES string of the molecule is CCOC(=O)c1cnn(-c2ccccc2Cl)c1N. The molecule has 0 atom stereocenters. The number of halogens is 1. The topological polar surface area (TPSA) is 70.1 Å². The van der Waals surface area contributed by atoms with Crippen LogP contribution in [0.4, 0.5) is 5.82 Å². The summed E-state index contributed by atoms with van der Waals surface area (Å²) >= 11 is 6.05. The van der Waals surface area contributed by atoms with Gasteiger partial charge in [0.25, 0.3) is 0 Å². The molecule has 1 aromatic heterocycles. The molecule has 0 unspecified atom stereocenters. The van der Waals surface area contributed by atoms with E-state index in [4.69, 9.17) is 22.1 Å². The Morgan fingerprint density at radius 3 is 2.89 bits per heavy atom. The lowest BCUT2D eigenvalue weighted by molar-refractivity contribution is 0.0527. The number of esters is 1. The Kier molecular flexibility index (Phi) is 3.53. The molecule has 2 aromatic rings. The molecule has 0 amide bonds. The minimum absolute atomic E-state index is 0.210. The Labute approximate surface area is 109 Å². The normalized spacial score (nSPS) is 10.3. The first-order chi connectivity index (χ1) is 8.65. The fourth-order valence-corrected chi connectivity index (χ4v) is 1.76. The molecule has 0 aliphatic carbocycles. The van der Waals surface area contributed by atoms with Crippen molar-refractivity contribution in [2.45, 2.75) is 6.92 Å². The van der Waals surface area contributed by atoms with Crippen LogP contribution in [0.15, 0.2) is 30.5 Å². The number of nitrogen functional groups attached to an aromatic ring is 1. The molecule has 2 N–H and O–H groups in total. The van der Waals surface area contributed by atoms with Gasteiger partial charge in [0.2, 0.25) is 0 Å². The van der Waals surface area contributed by atoms with Gasteiger partial charge in [-0.2, -0.15) is 5.10 Å². The van der Waals surface area contributed by atoms with Crippen LogP contribution in [0.25, 0.3) is 5.69 Å². The number of ether oxygens (including phenoxy) is 1. The van der Waals surface area contributed by atoms with Crippen molar-refractivity contribution in [1.29, 1.82) is 0 Å². The highest BCUT2D eigenvalue weighted by Crippen LogP contribution is 2.23. The summed E-state index contributed by atoms with van der Waals surface area (Å²) in [4.78, 5) is 11.6. The smallest absolute Gasteiger partial charge is 0.343 e. The highest BCUT2D eigenvalue weighted by molar-refractivity contribution is 6.32. The lowest BCUT2D eigenvalue weighted by Gasteiger charge is -2.06. The summed E-state index contributed by atoms with van der Waals surface area (Å²) in [5.74, 6) is -0.283. The maximum atomic E-state index is 11.6. The van der Waals surface area contributed by atoms with Gasteiger partial charge in [-0.1, -0.05) is 23.7 Å². The minimum Gasteiger partial charge on any atom is -0.462 e. The second-order valence-electron chi connectivity index (χ2n) is 3.53. The zero-order valence-corrected chi connectivity index (χ0v) is 10.5. The van der Waals surface area contributed by atoms with Crippen LogP contribution in [0, 0.1) is 0 Å². The van der Waals surface area contributed by atoms with E-state index < -0.39 is 5.97 Å². The predicted molar refractivity (Wildman–Crippen MR) is 68.9 cm³/mol. The number of anilines is 1. The van der Waals surface area contributed by atoms with Gasteiger partial charge in [0.15, 0.2) is 0 Å². The first-order valence-electron chi connectivity index (χ1n) is 5.40. The third-order valence-corrected chi connectivity index (χ3v) is 2.70. The van der Waals surface area contributed by atoms with E-state index in [2.05, 4.69) is 5.10 Å². The van der Waals surface area contributed by atoms with E-state index in [1.54, 1.807) is 25.1 Å². The van der Waals surface area contributed by atoms with Gasteiger partial charge in [0.1, 0.15) is 11.4 Å². The first kappa shape index (κ1) is 12.4. The molecule has 1 heterocycles. The number of aromatic nitrogens is 2. The molecule has 0 bridgehead atoms. The lowest BCUT2D eigenvalue weighted by Crippen LogP contribution is -2.09. The van der Waals surface area contributed by atoms with Gasteiger partial charge in [-0.05, 0) is 19.1 Å². The van der Waals surface area contributed by atoms with Crippen LogP contribution >= 0.6 is 11.6 Å². The van der Waals surface area contributed by atoms with Gasteiger partial charge < -0.3 is 10.5 Å². The number of benzene rings is 1. The summed E-state index contributed by atoms with van der Waals surface area (Å²) < 4.78 is 6.29. The van der Waals surface area contributed by atoms with E-state index >= 15 is 0 Å². The molecule has 18 heavy (non-hydrogen) atoms. The molecule has 0 fully saturated rings. The molecule has 0 spiro atoms. The maximum absolute atomic E-state index is 11.6. The largest absolute Gasteiger partial charge is 0.462 e. The van der Waals surface area contributed by atoms with Crippen LogP contribution in [0.2, 0.25) is 5.02 Å². The maximum Gasteiger partial charge on any atom is 0.343 e. The fourth-order valence-electron chi connectivity index (χ4n) is 1.54. The van der Waals surface area contributed by atoms with E-state index in [0.717, 1.165) is 0 Å². The van der Waals surface area contributed by atoms with Crippen molar-refractivity contribution in [3.63, 3.8) is 0 Å². The van der Waals surface area contributed by atoms with Crippen LogP contribution in [-0.2, 0) is 4.74 Å². The minimum atomic E-state index is -0.492. The number of carbonyl (C=O) groups excluding carboxylic acids is 1. The Bertz CT molecular complexity index is 580. The van der Waals surface area contributed by atoms with Crippen molar-refractivity contribution < 1.29 is 9.53 Å². The number of hydrogen-bond acceptors (Lipinski definition) is 4. The fraction of sp³-hybridized carbons (Fsp3) is 0.167. The molecule has 0 saturated heterocycles. The summed E-state index contributed by atoms with van der Waals surface area (Å²) in [5.41, 5.74) is 6.73. The van der Waals surface area contributed by atoms with Crippen molar-refractivity contribution >= 4 is 23.4 Å². The van der Waals surface area contributed by atoms with Crippen molar-refractivity contribution in [3.05, 3.63) is 41.0 Å². The highest BCUT2D eigenvalue weighted by Gasteiger charge is 2.17. The van der Waals surface area contributed by atoms with Gasteiger partial charge in [0.05, 0.1) is 23.5 Å². The van der Waals surface area contributed by atoms with Crippen molar-refractivity contribution in [2.75, 3.05) is 12.3 Å². The number of hydrogen-bond donors (Lipinski definition) is 1. The standard InChI is InChI=1S/C12H12ClN3O2/c1-2-18-12(17)8-7-15-16(11(8)14)10-6-4-3-5-9(10)13/h3-7H,2,14H2,1H3. The van der Waals surface area contributed by atoms with Gasteiger partial charge in [-0.15, -0.1) is 0 Å². The van der Waals surface area contributed by atoms with E-state index in [1.807, 2.05) is 6.07 Å². The molecule has 0 radical (unpaired) electrons. The third-order valence-electron chi connectivity index (χ3n) is 2.38. The summed E-state index contributed by atoms with van der Waals surface area (Å²) in [5, 5.41) is 4.56. The van der Waals surface area contributed by atoms with E-state index in [9.17, 15) is 4.79 Å². The summed E-state index contributed by atoms with van der Waals surface area (Å²) in [6.45, 7) is 2.02. The average molecular weight is 266 g/mol. The Morgan fingerprint density at radius 2 is 2.22 bits per heavy atom. The zero-order chi connectivity index (χ0) is 13.1. The number of carbonyl (C=O) groups is 1. The monoisotopic (exact) mass is 265 g/mol. The van der Waals surface area contributed by atoms with Crippen molar-refractivity contribution in [2.24, 2.45) is 0 Å². The molecular formula is C12H12ClN3O2. The van der Waals surface area contributed by atoms with Gasteiger partial charge in [0, 0.05) is 0 Å². The molecular weight excluding hydrogens is 254 g/mol. The lowest BCUT2D eigenvalue weighted by atomic mass is 10.3. The predicted octanol–water partition coefficient (Wildman–Crippen LogP) is 2.28. The van der Waals surface area contributed by atoms with E-state index in [-0.39, 0.29) is 18.0 Å². The van der Waals surface area contributed by atoms with Crippen LogP contribution in [0.5, 0.6) is 0 Å². The van der Waals surface area contributed by atoms with Gasteiger partial charge in [-0.25, -0.2) is 9.48 Å². The summed E-state index contributed by atoms with van der Waals surface area (Å²) in [6.07, 6.45) is 1.37. The van der Waals surface area contributed by atoms with Crippen LogP contribution < -0.4 is 5.73 Å². The number of nitrogens with two attached hydrogens (primary N) is 1. The Hall–Kier alpha value is -2.01. The third kappa shape index (κ3) is 2.17. The molecule has 5 nitrogen and oxygen atoms in total. The van der Waals surface area contributed by atoms with Crippen LogP contribution in [0.3, 0.4) is 0 Å². The number of nitrogens with zero attached hydrogens (tertiary/aromatic N) is 2. The second-order valence-corrected chi connectivity index (χ2v) is 3.93. The summed E-state index contributed by atoms with van der Waals surface area (Å²) in [7, 11) is 0.